The van der Waals surface area contributed by atoms with Crippen molar-refractivity contribution in [1.29, 1.82) is 0 Å². The molecular formula is C13H27NO3. The van der Waals surface area contributed by atoms with Gasteiger partial charge >= 0.3 is 0 Å². The lowest BCUT2D eigenvalue weighted by Crippen LogP contribution is -2.29. The summed E-state index contributed by atoms with van der Waals surface area (Å²) in [7, 11) is 0. The molecule has 0 saturated carbocycles. The number of carbonyl (C=O) groups is 1. The van der Waals surface area contributed by atoms with Crippen LogP contribution < -0.4 is 5.32 Å². The third-order valence-corrected chi connectivity index (χ3v) is 2.61. The van der Waals surface area contributed by atoms with Crippen LogP contribution in [0.25, 0.3) is 0 Å². The van der Waals surface area contributed by atoms with Gasteiger partial charge in [0.25, 0.3) is 0 Å². The number of hydrogen-bond donors (Lipinski definition) is 1. The summed E-state index contributed by atoms with van der Waals surface area (Å²) in [5, 5.41) is 3.34. The smallest absolute Gasteiger partial charge is 0.160 e. The monoisotopic (exact) mass is 245 g/mol. The van der Waals surface area contributed by atoms with E-state index in [4.69, 9.17) is 9.47 Å². The fourth-order valence-electron chi connectivity index (χ4n) is 1.08. The van der Waals surface area contributed by atoms with Crippen LogP contribution in [0.4, 0.5) is 0 Å². The van der Waals surface area contributed by atoms with Crippen molar-refractivity contribution >= 4 is 5.78 Å². The molecule has 1 N–H and O–H groups in total. The average molecular weight is 245 g/mol. The molecule has 0 amide bonds. The van der Waals surface area contributed by atoms with Crippen LogP contribution in [0.1, 0.15) is 34.1 Å². The van der Waals surface area contributed by atoms with Gasteiger partial charge in [-0.25, -0.2) is 0 Å². The molecule has 0 aromatic carbocycles. The van der Waals surface area contributed by atoms with E-state index < -0.39 is 0 Å². The first-order valence-corrected chi connectivity index (χ1v) is 6.49. The topological polar surface area (TPSA) is 47.6 Å². The van der Waals surface area contributed by atoms with Gasteiger partial charge in [-0.05, 0) is 13.3 Å². The van der Waals surface area contributed by atoms with Crippen molar-refractivity contribution in [3.05, 3.63) is 0 Å². The third-order valence-electron chi connectivity index (χ3n) is 2.61. The molecule has 102 valence electrons. The number of ether oxygens (including phenoxy) is 2. The van der Waals surface area contributed by atoms with Gasteiger partial charge in [-0.1, -0.05) is 20.8 Å². The van der Waals surface area contributed by atoms with Gasteiger partial charge in [-0.2, -0.15) is 0 Å². The summed E-state index contributed by atoms with van der Waals surface area (Å²) >= 11 is 0. The molecule has 0 radical (unpaired) electrons. The maximum atomic E-state index is 11.2. The molecule has 0 aliphatic rings. The normalized spacial score (nSPS) is 13.0. The Hall–Kier alpha value is -0.450. The predicted octanol–water partition coefficient (Wildman–Crippen LogP) is 1.63. The highest BCUT2D eigenvalue weighted by Crippen LogP contribution is 1.94. The van der Waals surface area contributed by atoms with Crippen molar-refractivity contribution in [3.63, 3.8) is 0 Å². The highest BCUT2D eigenvalue weighted by atomic mass is 16.5. The lowest BCUT2D eigenvalue weighted by Gasteiger charge is -2.11. The zero-order valence-electron chi connectivity index (χ0n) is 11.6. The van der Waals surface area contributed by atoms with Gasteiger partial charge in [-0.3, -0.25) is 4.79 Å². The van der Waals surface area contributed by atoms with E-state index in [-0.39, 0.29) is 18.3 Å². The standard InChI is InChI=1S/C13H27NO3/c1-5-12(4)14-6-7-16-8-9-17-10-13(15)11(2)3/h11-12,14H,5-10H2,1-4H3. The summed E-state index contributed by atoms with van der Waals surface area (Å²) in [6.07, 6.45) is 1.13. The number of rotatable bonds is 11. The maximum absolute atomic E-state index is 11.2. The molecule has 1 atom stereocenters. The van der Waals surface area contributed by atoms with E-state index in [9.17, 15) is 4.79 Å². The zero-order valence-corrected chi connectivity index (χ0v) is 11.6. The molecular weight excluding hydrogens is 218 g/mol. The highest BCUT2D eigenvalue weighted by molar-refractivity contribution is 5.81. The van der Waals surface area contributed by atoms with Crippen molar-refractivity contribution in [3.8, 4) is 0 Å². The Labute approximate surface area is 105 Å². The highest BCUT2D eigenvalue weighted by Gasteiger charge is 2.06. The molecule has 1 unspecified atom stereocenters. The summed E-state index contributed by atoms with van der Waals surface area (Å²) in [5.41, 5.74) is 0. The third kappa shape index (κ3) is 10.4. The minimum absolute atomic E-state index is 0.0515. The summed E-state index contributed by atoms with van der Waals surface area (Å²) in [6, 6.07) is 0.540. The van der Waals surface area contributed by atoms with Crippen LogP contribution >= 0.6 is 0 Å². The summed E-state index contributed by atoms with van der Waals surface area (Å²) in [4.78, 5) is 11.2. The molecule has 0 bridgehead atoms. The fourth-order valence-corrected chi connectivity index (χ4v) is 1.08. The van der Waals surface area contributed by atoms with Crippen molar-refractivity contribution < 1.29 is 14.3 Å². The van der Waals surface area contributed by atoms with Crippen molar-refractivity contribution in [1.82, 2.24) is 5.32 Å². The number of carbonyl (C=O) groups excluding carboxylic acids is 1. The van der Waals surface area contributed by atoms with Crippen molar-refractivity contribution in [2.24, 2.45) is 5.92 Å². The van der Waals surface area contributed by atoms with Crippen LogP contribution in [0.15, 0.2) is 0 Å². The van der Waals surface area contributed by atoms with Gasteiger partial charge < -0.3 is 14.8 Å². The van der Waals surface area contributed by atoms with Gasteiger partial charge in [0.05, 0.1) is 19.8 Å². The van der Waals surface area contributed by atoms with Crippen LogP contribution in [-0.2, 0) is 14.3 Å². The Balaban J connectivity index is 3.16. The molecule has 0 aliphatic carbocycles. The van der Waals surface area contributed by atoms with Crippen molar-refractivity contribution in [2.45, 2.75) is 40.2 Å². The molecule has 0 saturated heterocycles. The van der Waals surface area contributed by atoms with E-state index in [1.165, 1.54) is 0 Å². The van der Waals surface area contributed by atoms with E-state index in [2.05, 4.69) is 19.2 Å². The van der Waals surface area contributed by atoms with Gasteiger partial charge in [-0.15, -0.1) is 0 Å². The largest absolute Gasteiger partial charge is 0.378 e. The summed E-state index contributed by atoms with van der Waals surface area (Å²) in [5.74, 6) is 0.194. The second-order valence-electron chi connectivity index (χ2n) is 4.55. The van der Waals surface area contributed by atoms with E-state index >= 15 is 0 Å². The summed E-state index contributed by atoms with van der Waals surface area (Å²) < 4.78 is 10.6. The lowest BCUT2D eigenvalue weighted by molar-refractivity contribution is -0.127. The molecule has 0 heterocycles. The van der Waals surface area contributed by atoms with Gasteiger partial charge in [0.15, 0.2) is 5.78 Å². The first-order valence-electron chi connectivity index (χ1n) is 6.49. The van der Waals surface area contributed by atoms with Crippen LogP contribution in [0.2, 0.25) is 0 Å². The fraction of sp³-hybridized carbons (Fsp3) is 0.923. The Morgan fingerprint density at radius 1 is 1.12 bits per heavy atom. The molecule has 4 nitrogen and oxygen atoms in total. The van der Waals surface area contributed by atoms with Crippen molar-refractivity contribution in [2.75, 3.05) is 33.0 Å². The first-order chi connectivity index (χ1) is 8.07. The van der Waals surface area contributed by atoms with E-state index in [0.29, 0.717) is 25.9 Å². The number of nitrogens with one attached hydrogen (secondary N) is 1. The van der Waals surface area contributed by atoms with Gasteiger partial charge in [0.1, 0.15) is 6.61 Å². The Morgan fingerprint density at radius 2 is 1.76 bits per heavy atom. The number of ketones is 1. The second kappa shape index (κ2) is 10.7. The van der Waals surface area contributed by atoms with Crippen LogP contribution in [0, 0.1) is 5.92 Å². The molecule has 0 aromatic heterocycles. The minimum atomic E-state index is 0.0515. The Bertz CT molecular complexity index is 195. The molecule has 0 rings (SSSR count). The zero-order chi connectivity index (χ0) is 13.1. The number of hydrogen-bond acceptors (Lipinski definition) is 4. The molecule has 4 heteroatoms. The van der Waals surface area contributed by atoms with E-state index in [0.717, 1.165) is 13.0 Å². The van der Waals surface area contributed by atoms with Crippen LogP contribution in [0.5, 0.6) is 0 Å². The SMILES string of the molecule is CCC(C)NCCOCCOCC(=O)C(C)C. The summed E-state index contributed by atoms with van der Waals surface area (Å²) in [6.45, 7) is 10.8. The second-order valence-corrected chi connectivity index (χ2v) is 4.55. The van der Waals surface area contributed by atoms with Gasteiger partial charge in [0.2, 0.25) is 0 Å². The van der Waals surface area contributed by atoms with Gasteiger partial charge in [0, 0.05) is 18.5 Å². The molecule has 0 aromatic rings. The molecule has 0 fully saturated rings. The average Bonchev–Trinajstić information content (AvgIpc) is 2.31. The minimum Gasteiger partial charge on any atom is -0.378 e. The Kier molecular flexibility index (Phi) is 10.4. The molecule has 0 aliphatic heterocycles. The lowest BCUT2D eigenvalue weighted by atomic mass is 10.1. The molecule has 17 heavy (non-hydrogen) atoms. The molecule has 0 spiro atoms. The quantitative estimate of drug-likeness (QED) is 0.562. The first kappa shape index (κ1) is 16.6. The number of Topliss-reactive ketones (excluding diaryl/α,β-unsaturated/α-hetero) is 1. The maximum Gasteiger partial charge on any atom is 0.160 e. The predicted molar refractivity (Wildman–Crippen MR) is 69.2 cm³/mol. The Morgan fingerprint density at radius 3 is 2.35 bits per heavy atom. The van der Waals surface area contributed by atoms with Crippen LogP contribution in [0.3, 0.4) is 0 Å². The van der Waals surface area contributed by atoms with Crippen LogP contribution in [-0.4, -0.2) is 44.8 Å². The van der Waals surface area contributed by atoms with E-state index in [1.807, 2.05) is 13.8 Å². The van der Waals surface area contributed by atoms with E-state index in [1.54, 1.807) is 0 Å².